The summed E-state index contributed by atoms with van der Waals surface area (Å²) in [4.78, 5) is 10.8. The zero-order chi connectivity index (χ0) is 10.7. The van der Waals surface area contributed by atoms with E-state index in [2.05, 4.69) is 32.7 Å². The first-order valence-corrected chi connectivity index (χ1v) is 11.6. The first-order valence-electron chi connectivity index (χ1n) is 4.82. The zero-order valence-corrected chi connectivity index (χ0v) is 11.7. The van der Waals surface area contributed by atoms with Gasteiger partial charge in [-0.1, -0.05) is 25.7 Å². The molecule has 0 heterocycles. The molecule has 0 saturated heterocycles. The van der Waals surface area contributed by atoms with Crippen LogP contribution in [0, 0.1) is 0 Å². The Hall–Kier alpha value is -0.0962. The molecule has 0 aliphatic rings. The maximum atomic E-state index is 10.8. The fourth-order valence-electron chi connectivity index (χ4n) is 1.12. The minimum atomic E-state index is -1.69. The fourth-order valence-corrected chi connectivity index (χ4v) is 7.40. The number of carbonyl (C=O) groups is 1. The van der Waals surface area contributed by atoms with Crippen LogP contribution in [0.5, 0.6) is 0 Å². The van der Waals surface area contributed by atoms with Gasteiger partial charge in [0.25, 0.3) is 5.97 Å². The van der Waals surface area contributed by atoms with Crippen molar-refractivity contribution in [2.24, 2.45) is 0 Å². The third-order valence-corrected chi connectivity index (χ3v) is 6.44. The summed E-state index contributed by atoms with van der Waals surface area (Å²) in [6.45, 7) is 12.8. The van der Waals surface area contributed by atoms with Gasteiger partial charge in [-0.3, -0.25) is 4.79 Å². The van der Waals surface area contributed by atoms with Crippen molar-refractivity contribution in [1.29, 1.82) is 0 Å². The molecule has 78 valence electrons. The van der Waals surface area contributed by atoms with E-state index in [0.717, 1.165) is 6.04 Å². The Morgan fingerprint density at radius 1 is 1.08 bits per heavy atom. The van der Waals surface area contributed by atoms with Crippen molar-refractivity contribution in [3.63, 3.8) is 0 Å². The standard InChI is InChI=1S/C9H22O2Si2/c1-9(10)11-13(5,6)8-7-12(2,3)4/h7-8H2,1-6H3. The minimum Gasteiger partial charge on any atom is -0.520 e. The minimum absolute atomic E-state index is 0.118. The first-order chi connectivity index (χ1) is 5.62. The number of carbonyl (C=O) groups excluding carboxylic acids is 1. The van der Waals surface area contributed by atoms with Crippen LogP contribution in [0.15, 0.2) is 0 Å². The van der Waals surface area contributed by atoms with Crippen molar-refractivity contribution in [2.45, 2.75) is 51.7 Å². The van der Waals surface area contributed by atoms with E-state index in [4.69, 9.17) is 4.43 Å². The van der Waals surface area contributed by atoms with Crippen LogP contribution in [-0.4, -0.2) is 22.4 Å². The topological polar surface area (TPSA) is 26.3 Å². The summed E-state index contributed by atoms with van der Waals surface area (Å²) < 4.78 is 5.36. The molecule has 0 bridgehead atoms. The zero-order valence-electron chi connectivity index (χ0n) is 9.73. The van der Waals surface area contributed by atoms with Crippen LogP contribution in [0.3, 0.4) is 0 Å². The molecule has 0 aromatic rings. The van der Waals surface area contributed by atoms with E-state index in [1.165, 1.54) is 13.0 Å². The lowest BCUT2D eigenvalue weighted by Crippen LogP contribution is -2.35. The second-order valence-electron chi connectivity index (χ2n) is 5.41. The molecule has 0 aromatic heterocycles. The normalized spacial score (nSPS) is 12.8. The molecule has 0 atom stereocenters. The maximum absolute atomic E-state index is 10.8. The average Bonchev–Trinajstić information content (AvgIpc) is 1.79. The Bertz CT molecular complexity index is 183. The molecule has 0 saturated carbocycles. The van der Waals surface area contributed by atoms with Gasteiger partial charge >= 0.3 is 0 Å². The van der Waals surface area contributed by atoms with Gasteiger partial charge in [0.15, 0.2) is 0 Å². The average molecular weight is 218 g/mol. The third kappa shape index (κ3) is 8.24. The van der Waals surface area contributed by atoms with Crippen LogP contribution >= 0.6 is 0 Å². The van der Waals surface area contributed by atoms with Gasteiger partial charge in [0.1, 0.15) is 0 Å². The molecule has 2 nitrogen and oxygen atoms in total. The van der Waals surface area contributed by atoms with Gasteiger partial charge in [-0.05, 0) is 19.1 Å². The van der Waals surface area contributed by atoms with Crippen LogP contribution in [-0.2, 0) is 9.22 Å². The Morgan fingerprint density at radius 3 is 1.85 bits per heavy atom. The van der Waals surface area contributed by atoms with E-state index < -0.39 is 16.4 Å². The molecule has 0 aliphatic heterocycles. The molecule has 0 unspecified atom stereocenters. The van der Waals surface area contributed by atoms with E-state index in [-0.39, 0.29) is 5.97 Å². The lowest BCUT2D eigenvalue weighted by Gasteiger charge is -2.25. The summed E-state index contributed by atoms with van der Waals surface area (Å²) in [5.41, 5.74) is 0. The molecule has 0 radical (unpaired) electrons. The van der Waals surface area contributed by atoms with Crippen molar-refractivity contribution in [3.05, 3.63) is 0 Å². The van der Waals surface area contributed by atoms with Crippen LogP contribution in [0.1, 0.15) is 6.92 Å². The van der Waals surface area contributed by atoms with Gasteiger partial charge in [-0.2, -0.15) is 0 Å². The van der Waals surface area contributed by atoms with Crippen molar-refractivity contribution in [2.75, 3.05) is 0 Å². The van der Waals surface area contributed by atoms with Crippen LogP contribution in [0.2, 0.25) is 44.8 Å². The highest BCUT2D eigenvalue weighted by molar-refractivity contribution is 6.79. The van der Waals surface area contributed by atoms with E-state index in [9.17, 15) is 4.79 Å². The maximum Gasteiger partial charge on any atom is 0.289 e. The molecular formula is C9H22O2Si2. The highest BCUT2D eigenvalue weighted by Crippen LogP contribution is 2.20. The van der Waals surface area contributed by atoms with Crippen LogP contribution in [0.4, 0.5) is 0 Å². The molecular weight excluding hydrogens is 196 g/mol. The second-order valence-corrected chi connectivity index (χ2v) is 15.3. The van der Waals surface area contributed by atoms with Gasteiger partial charge in [-0.15, -0.1) is 0 Å². The second kappa shape index (κ2) is 4.42. The number of rotatable bonds is 4. The number of hydrogen-bond donors (Lipinski definition) is 0. The van der Waals surface area contributed by atoms with Gasteiger partial charge in [0.05, 0.1) is 0 Å². The summed E-state index contributed by atoms with van der Waals surface area (Å²) in [6.07, 6.45) is 0. The molecule has 0 amide bonds. The fraction of sp³-hybridized carbons (Fsp3) is 0.889. The number of hydrogen-bond acceptors (Lipinski definition) is 2. The van der Waals surface area contributed by atoms with Gasteiger partial charge in [-0.25, -0.2) is 0 Å². The molecule has 0 aliphatic carbocycles. The monoisotopic (exact) mass is 218 g/mol. The van der Waals surface area contributed by atoms with E-state index >= 15 is 0 Å². The molecule has 0 rings (SSSR count). The Kier molecular flexibility index (Phi) is 4.38. The van der Waals surface area contributed by atoms with Crippen LogP contribution in [0.25, 0.3) is 0 Å². The Morgan fingerprint density at radius 2 is 1.54 bits per heavy atom. The molecule has 0 spiro atoms. The van der Waals surface area contributed by atoms with Crippen molar-refractivity contribution >= 4 is 22.4 Å². The Labute approximate surface area is 83.8 Å². The van der Waals surface area contributed by atoms with Gasteiger partial charge < -0.3 is 4.43 Å². The molecule has 0 aromatic carbocycles. The van der Waals surface area contributed by atoms with Crippen molar-refractivity contribution in [3.8, 4) is 0 Å². The largest absolute Gasteiger partial charge is 0.520 e. The van der Waals surface area contributed by atoms with Crippen LogP contribution < -0.4 is 0 Å². The third-order valence-electron chi connectivity index (χ3n) is 1.90. The van der Waals surface area contributed by atoms with E-state index in [0.29, 0.717) is 0 Å². The SMILES string of the molecule is CC(=O)O[Si](C)(C)CC[Si](C)(C)C. The summed E-state index contributed by atoms with van der Waals surface area (Å²) >= 11 is 0. The summed E-state index contributed by atoms with van der Waals surface area (Å²) in [6, 6.07) is 2.38. The molecule has 0 N–H and O–H groups in total. The predicted octanol–water partition coefficient (Wildman–Crippen LogP) is 3.09. The predicted molar refractivity (Wildman–Crippen MR) is 62.2 cm³/mol. The lowest BCUT2D eigenvalue weighted by molar-refractivity contribution is -0.132. The van der Waals surface area contributed by atoms with Crippen molar-refractivity contribution < 1.29 is 9.22 Å². The highest BCUT2D eigenvalue weighted by Gasteiger charge is 2.28. The first kappa shape index (κ1) is 12.9. The van der Waals surface area contributed by atoms with Gasteiger partial charge in [0, 0.05) is 15.0 Å². The quantitative estimate of drug-likeness (QED) is 0.678. The van der Waals surface area contributed by atoms with Crippen molar-refractivity contribution in [1.82, 2.24) is 0 Å². The summed E-state index contributed by atoms with van der Waals surface area (Å²) in [5.74, 6) is -0.118. The highest BCUT2D eigenvalue weighted by atomic mass is 28.4. The smallest absolute Gasteiger partial charge is 0.289 e. The lowest BCUT2D eigenvalue weighted by atomic mass is 10.9. The van der Waals surface area contributed by atoms with E-state index in [1.54, 1.807) is 0 Å². The van der Waals surface area contributed by atoms with E-state index in [1.807, 2.05) is 0 Å². The summed E-state index contributed by atoms with van der Waals surface area (Å²) in [7, 11) is -2.67. The molecule has 4 heteroatoms. The molecule has 13 heavy (non-hydrogen) atoms. The summed E-state index contributed by atoms with van der Waals surface area (Å²) in [5, 5.41) is 0. The molecule has 0 fully saturated rings. The van der Waals surface area contributed by atoms with Gasteiger partial charge in [0.2, 0.25) is 8.32 Å². The Balaban J connectivity index is 3.96.